The summed E-state index contributed by atoms with van der Waals surface area (Å²) in [5.41, 5.74) is 2.64. The maximum Gasteiger partial charge on any atom is 0.255 e. The van der Waals surface area contributed by atoms with Crippen LogP contribution in [-0.4, -0.2) is 54.5 Å². The molecule has 0 spiro atoms. The first-order valence-corrected chi connectivity index (χ1v) is 9.88. The molecule has 0 saturated carbocycles. The zero-order valence-electron chi connectivity index (χ0n) is 16.7. The average Bonchev–Trinajstić information content (AvgIpc) is 2.97. The molecular formula is C21H27N3O4. The number of morpholine rings is 1. The summed E-state index contributed by atoms with van der Waals surface area (Å²) in [6.45, 7) is 9.16. The summed E-state index contributed by atoms with van der Waals surface area (Å²) in [6, 6.07) is 5.39. The molecule has 2 saturated heterocycles. The van der Waals surface area contributed by atoms with E-state index in [0.29, 0.717) is 25.1 Å². The van der Waals surface area contributed by atoms with E-state index >= 15 is 0 Å². The number of hydrogen-bond donors (Lipinski definition) is 1. The number of benzene rings is 1. The zero-order chi connectivity index (χ0) is 20.1. The fourth-order valence-corrected chi connectivity index (χ4v) is 4.15. The molecule has 1 aromatic carbocycles. The van der Waals surface area contributed by atoms with Crippen LogP contribution in [-0.2, 0) is 20.9 Å². The van der Waals surface area contributed by atoms with Crippen molar-refractivity contribution in [2.75, 3.05) is 24.6 Å². The van der Waals surface area contributed by atoms with Crippen molar-refractivity contribution in [3.05, 3.63) is 29.3 Å². The van der Waals surface area contributed by atoms with Crippen LogP contribution in [0.4, 0.5) is 5.69 Å². The highest BCUT2D eigenvalue weighted by molar-refractivity contribution is 6.05. The number of nitrogens with zero attached hydrogens (tertiary/aromatic N) is 2. The van der Waals surface area contributed by atoms with E-state index in [0.717, 1.165) is 24.3 Å². The van der Waals surface area contributed by atoms with Gasteiger partial charge in [0.05, 0.1) is 12.7 Å². The van der Waals surface area contributed by atoms with E-state index in [4.69, 9.17) is 4.74 Å². The molecule has 4 rings (SSSR count). The van der Waals surface area contributed by atoms with E-state index in [1.807, 2.05) is 18.2 Å². The van der Waals surface area contributed by atoms with Gasteiger partial charge in [0.25, 0.3) is 5.91 Å². The Kier molecular flexibility index (Phi) is 4.65. The minimum absolute atomic E-state index is 0.0494. The highest BCUT2D eigenvalue weighted by Crippen LogP contribution is 2.32. The molecule has 7 nitrogen and oxygen atoms in total. The molecule has 3 aliphatic heterocycles. The topological polar surface area (TPSA) is 79.0 Å². The van der Waals surface area contributed by atoms with Gasteiger partial charge in [-0.2, -0.15) is 0 Å². The van der Waals surface area contributed by atoms with Crippen molar-refractivity contribution < 1.29 is 19.1 Å². The lowest BCUT2D eigenvalue weighted by atomic mass is 9.88. The highest BCUT2D eigenvalue weighted by Gasteiger charge is 2.39. The number of anilines is 1. The SMILES string of the molecule is CC(C)(C)C1CN(c2ccc3c(c2)C(=O)N(C2CCC(=O)NC2=O)C3)CCO1. The Hall–Kier alpha value is -2.41. The van der Waals surface area contributed by atoms with Gasteiger partial charge in [0, 0.05) is 37.3 Å². The van der Waals surface area contributed by atoms with Crippen molar-refractivity contribution in [3.8, 4) is 0 Å². The Balaban J connectivity index is 1.53. The number of piperidine rings is 1. The van der Waals surface area contributed by atoms with Gasteiger partial charge in [0.1, 0.15) is 6.04 Å². The van der Waals surface area contributed by atoms with E-state index in [9.17, 15) is 14.4 Å². The first-order valence-electron chi connectivity index (χ1n) is 9.88. The zero-order valence-corrected chi connectivity index (χ0v) is 16.7. The second kappa shape index (κ2) is 6.88. The van der Waals surface area contributed by atoms with Crippen LogP contribution in [0.2, 0.25) is 0 Å². The van der Waals surface area contributed by atoms with E-state index in [2.05, 4.69) is 31.0 Å². The molecule has 0 aliphatic carbocycles. The smallest absolute Gasteiger partial charge is 0.255 e. The maximum absolute atomic E-state index is 13.0. The Morgan fingerprint density at radius 2 is 1.96 bits per heavy atom. The van der Waals surface area contributed by atoms with Gasteiger partial charge in [-0.1, -0.05) is 26.8 Å². The summed E-state index contributed by atoms with van der Waals surface area (Å²) in [5, 5.41) is 2.34. The minimum Gasteiger partial charge on any atom is -0.374 e. The Morgan fingerprint density at radius 1 is 1.18 bits per heavy atom. The minimum atomic E-state index is -0.574. The Labute approximate surface area is 165 Å². The van der Waals surface area contributed by atoms with Crippen LogP contribution in [0.3, 0.4) is 0 Å². The van der Waals surface area contributed by atoms with Gasteiger partial charge >= 0.3 is 0 Å². The monoisotopic (exact) mass is 385 g/mol. The molecule has 1 N–H and O–H groups in total. The van der Waals surface area contributed by atoms with Gasteiger partial charge < -0.3 is 14.5 Å². The lowest BCUT2D eigenvalue weighted by Crippen LogP contribution is -2.52. The van der Waals surface area contributed by atoms with Crippen LogP contribution in [0.1, 0.15) is 49.5 Å². The fourth-order valence-electron chi connectivity index (χ4n) is 4.15. The third kappa shape index (κ3) is 3.39. The van der Waals surface area contributed by atoms with Gasteiger partial charge in [-0.15, -0.1) is 0 Å². The lowest BCUT2D eigenvalue weighted by molar-refractivity contribution is -0.136. The predicted molar refractivity (Wildman–Crippen MR) is 104 cm³/mol. The van der Waals surface area contributed by atoms with E-state index in [-0.39, 0.29) is 35.7 Å². The molecule has 28 heavy (non-hydrogen) atoms. The number of hydrogen-bond acceptors (Lipinski definition) is 5. The van der Waals surface area contributed by atoms with Crippen molar-refractivity contribution in [2.24, 2.45) is 5.41 Å². The van der Waals surface area contributed by atoms with Crippen LogP contribution in [0.5, 0.6) is 0 Å². The maximum atomic E-state index is 13.0. The number of amides is 3. The summed E-state index contributed by atoms with van der Waals surface area (Å²) in [6.07, 6.45) is 0.780. The molecule has 3 heterocycles. The number of carbonyl (C=O) groups is 3. The normalized spacial score (nSPS) is 25.8. The number of carbonyl (C=O) groups excluding carboxylic acids is 3. The van der Waals surface area contributed by atoms with Crippen LogP contribution < -0.4 is 10.2 Å². The molecule has 0 aromatic heterocycles. The third-order valence-corrected chi connectivity index (χ3v) is 5.91. The van der Waals surface area contributed by atoms with Gasteiger partial charge in [-0.25, -0.2) is 0 Å². The number of ether oxygens (including phenoxy) is 1. The van der Waals surface area contributed by atoms with Crippen molar-refractivity contribution in [3.63, 3.8) is 0 Å². The van der Waals surface area contributed by atoms with Gasteiger partial charge in [0.2, 0.25) is 11.8 Å². The fraction of sp³-hybridized carbons (Fsp3) is 0.571. The second-order valence-corrected chi connectivity index (χ2v) is 8.91. The van der Waals surface area contributed by atoms with Crippen molar-refractivity contribution >= 4 is 23.4 Å². The average molecular weight is 385 g/mol. The van der Waals surface area contributed by atoms with Gasteiger partial charge in [-0.05, 0) is 29.5 Å². The highest BCUT2D eigenvalue weighted by atomic mass is 16.5. The number of nitrogens with one attached hydrogen (secondary N) is 1. The van der Waals surface area contributed by atoms with Crippen LogP contribution >= 0.6 is 0 Å². The number of rotatable bonds is 2. The number of imide groups is 1. The lowest BCUT2D eigenvalue weighted by Gasteiger charge is -2.40. The summed E-state index contributed by atoms with van der Waals surface area (Å²) >= 11 is 0. The Morgan fingerprint density at radius 3 is 2.68 bits per heavy atom. The van der Waals surface area contributed by atoms with Crippen LogP contribution in [0.25, 0.3) is 0 Å². The molecule has 3 amide bonds. The van der Waals surface area contributed by atoms with Crippen LogP contribution in [0.15, 0.2) is 18.2 Å². The Bertz CT molecular complexity index is 829. The quantitative estimate of drug-likeness (QED) is 0.784. The molecule has 7 heteroatoms. The van der Waals surface area contributed by atoms with Crippen molar-refractivity contribution in [1.29, 1.82) is 0 Å². The largest absolute Gasteiger partial charge is 0.374 e. The van der Waals surface area contributed by atoms with Crippen molar-refractivity contribution in [2.45, 2.75) is 52.3 Å². The second-order valence-electron chi connectivity index (χ2n) is 8.91. The molecule has 2 atom stereocenters. The first-order chi connectivity index (χ1) is 13.2. The van der Waals surface area contributed by atoms with Gasteiger partial charge in [-0.3, -0.25) is 19.7 Å². The van der Waals surface area contributed by atoms with Crippen LogP contribution in [0, 0.1) is 5.41 Å². The summed E-state index contributed by atoms with van der Waals surface area (Å²) in [5.74, 6) is -0.778. The molecule has 2 unspecified atom stereocenters. The van der Waals surface area contributed by atoms with Crippen molar-refractivity contribution in [1.82, 2.24) is 10.2 Å². The molecular weight excluding hydrogens is 358 g/mol. The summed E-state index contributed by atoms with van der Waals surface area (Å²) < 4.78 is 5.94. The number of fused-ring (bicyclic) bond motifs is 1. The summed E-state index contributed by atoms with van der Waals surface area (Å²) in [4.78, 5) is 40.4. The third-order valence-electron chi connectivity index (χ3n) is 5.91. The molecule has 3 aliphatic rings. The summed E-state index contributed by atoms with van der Waals surface area (Å²) in [7, 11) is 0. The van der Waals surface area contributed by atoms with E-state index in [1.165, 1.54) is 0 Å². The molecule has 150 valence electrons. The standard InChI is InChI=1S/C21H27N3O4/c1-21(2,3)17-12-23(8-9-28-17)14-5-4-13-11-24(20(27)15(13)10-14)16-6-7-18(25)22-19(16)26/h4-5,10,16-17H,6-9,11-12H2,1-3H3,(H,22,25,26). The molecule has 0 radical (unpaired) electrons. The predicted octanol–water partition coefficient (Wildman–Crippen LogP) is 1.70. The van der Waals surface area contributed by atoms with E-state index in [1.54, 1.807) is 4.90 Å². The molecule has 1 aromatic rings. The molecule has 0 bridgehead atoms. The first kappa shape index (κ1) is 18.9. The van der Waals surface area contributed by atoms with Gasteiger partial charge in [0.15, 0.2) is 0 Å². The molecule has 2 fully saturated rings. The van der Waals surface area contributed by atoms with E-state index < -0.39 is 6.04 Å².